The van der Waals surface area contributed by atoms with Crippen LogP contribution in [0.5, 0.6) is 0 Å². The molecule has 4 N–H and O–H groups in total. The van der Waals surface area contributed by atoms with Crippen LogP contribution in [0.15, 0.2) is 0 Å². The number of rotatable bonds is 6. The molecule has 0 aromatic carbocycles. The molecule has 16 heavy (non-hydrogen) atoms. The smallest absolute Gasteiger partial charge is 0.238 e. The van der Waals surface area contributed by atoms with Crippen LogP contribution in [0, 0.1) is 11.8 Å². The van der Waals surface area contributed by atoms with Crippen LogP contribution in [0.2, 0.25) is 0 Å². The van der Waals surface area contributed by atoms with Gasteiger partial charge in [-0.25, -0.2) is 10.9 Å². The molecular weight excluding hydrogens is 210 g/mol. The van der Waals surface area contributed by atoms with E-state index in [-0.39, 0.29) is 12.5 Å². The summed E-state index contributed by atoms with van der Waals surface area (Å²) in [6.07, 6.45) is 5.58. The first-order chi connectivity index (χ1) is 7.67. The molecule has 0 aliphatic heterocycles. The summed E-state index contributed by atoms with van der Waals surface area (Å²) in [5.74, 6) is 4.82. The molecule has 6 heteroatoms. The molecule has 0 radical (unpaired) electrons. The van der Waals surface area contributed by atoms with Crippen molar-refractivity contribution in [2.24, 2.45) is 17.7 Å². The zero-order valence-corrected chi connectivity index (χ0v) is 9.26. The molecule has 2 amide bonds. The lowest BCUT2D eigenvalue weighted by Gasteiger charge is -2.21. The van der Waals surface area contributed by atoms with Gasteiger partial charge in [0.15, 0.2) is 0 Å². The van der Waals surface area contributed by atoms with Gasteiger partial charge in [0.1, 0.15) is 0 Å². The van der Waals surface area contributed by atoms with E-state index >= 15 is 0 Å². The Labute approximate surface area is 94.7 Å². The van der Waals surface area contributed by atoms with Gasteiger partial charge in [0.2, 0.25) is 12.3 Å². The average Bonchev–Trinajstić information content (AvgIpc) is 2.79. The number of hydrogen-bond donors (Lipinski definition) is 3. The van der Waals surface area contributed by atoms with Gasteiger partial charge in [0.05, 0.1) is 12.5 Å². The van der Waals surface area contributed by atoms with Crippen LogP contribution < -0.4 is 11.3 Å². The van der Waals surface area contributed by atoms with Gasteiger partial charge in [0.25, 0.3) is 0 Å². The summed E-state index contributed by atoms with van der Waals surface area (Å²) >= 11 is 0. The number of carbonyl (C=O) groups excluding carboxylic acids is 2. The van der Waals surface area contributed by atoms with Crippen molar-refractivity contribution in [3.8, 4) is 0 Å². The minimum atomic E-state index is -0.428. The number of nitrogens with zero attached hydrogens (tertiary/aromatic N) is 1. The van der Waals surface area contributed by atoms with Crippen molar-refractivity contribution in [1.82, 2.24) is 10.5 Å². The molecule has 1 saturated carbocycles. The van der Waals surface area contributed by atoms with Crippen molar-refractivity contribution in [3.05, 3.63) is 0 Å². The molecule has 1 rings (SSSR count). The molecule has 0 bridgehead atoms. The molecule has 1 aliphatic carbocycles. The Hall–Kier alpha value is -1.14. The Bertz CT molecular complexity index is 241. The van der Waals surface area contributed by atoms with Crippen molar-refractivity contribution < 1.29 is 14.8 Å². The summed E-state index contributed by atoms with van der Waals surface area (Å²) in [5, 5.41) is 9.59. The largest absolute Gasteiger partial charge is 0.294 e. The van der Waals surface area contributed by atoms with Gasteiger partial charge in [-0.05, 0) is 12.3 Å². The van der Waals surface area contributed by atoms with Crippen LogP contribution >= 0.6 is 0 Å². The van der Waals surface area contributed by atoms with Crippen LogP contribution in [-0.4, -0.2) is 29.1 Å². The van der Waals surface area contributed by atoms with Gasteiger partial charge in [0, 0.05) is 0 Å². The lowest BCUT2D eigenvalue weighted by molar-refractivity contribution is -0.155. The van der Waals surface area contributed by atoms with Crippen LogP contribution in [0.3, 0.4) is 0 Å². The number of amides is 2. The summed E-state index contributed by atoms with van der Waals surface area (Å²) < 4.78 is 0. The standard InChI is InChI=1S/C10H19N3O3/c11-12-10(15)9(6-13(16)7-14)5-8-3-1-2-4-8/h7-9,16H,1-6,11H2,(H,12,15)/t9-/m1/s1. The van der Waals surface area contributed by atoms with Crippen LogP contribution in [0.1, 0.15) is 32.1 Å². The third-order valence-corrected chi connectivity index (χ3v) is 3.13. The highest BCUT2D eigenvalue weighted by molar-refractivity contribution is 5.78. The molecule has 1 atom stereocenters. The van der Waals surface area contributed by atoms with Crippen molar-refractivity contribution in [2.45, 2.75) is 32.1 Å². The molecule has 0 aromatic heterocycles. The predicted molar refractivity (Wildman–Crippen MR) is 57.0 cm³/mol. The Kier molecular flexibility index (Phi) is 5.21. The van der Waals surface area contributed by atoms with Gasteiger partial charge in [-0.2, -0.15) is 0 Å². The average molecular weight is 229 g/mol. The number of hydrogen-bond acceptors (Lipinski definition) is 4. The Morgan fingerprint density at radius 3 is 2.69 bits per heavy atom. The maximum Gasteiger partial charge on any atom is 0.238 e. The van der Waals surface area contributed by atoms with E-state index < -0.39 is 5.92 Å². The second-order valence-corrected chi connectivity index (χ2v) is 4.32. The number of hydrazine groups is 1. The lowest BCUT2D eigenvalue weighted by Crippen LogP contribution is -2.41. The molecule has 0 unspecified atom stereocenters. The molecule has 92 valence electrons. The molecular formula is C10H19N3O3. The first-order valence-electron chi connectivity index (χ1n) is 5.58. The predicted octanol–water partition coefficient (Wildman–Crippen LogP) is 0.0204. The number of hydroxylamine groups is 2. The van der Waals surface area contributed by atoms with Crippen LogP contribution in [0.25, 0.3) is 0 Å². The van der Waals surface area contributed by atoms with Gasteiger partial charge in [-0.3, -0.25) is 20.2 Å². The van der Waals surface area contributed by atoms with E-state index in [0.717, 1.165) is 12.8 Å². The maximum atomic E-state index is 11.5. The minimum Gasteiger partial charge on any atom is -0.294 e. The maximum absolute atomic E-state index is 11.5. The third kappa shape index (κ3) is 3.79. The lowest BCUT2D eigenvalue weighted by atomic mass is 9.92. The molecule has 0 spiro atoms. The summed E-state index contributed by atoms with van der Waals surface area (Å²) in [4.78, 5) is 21.8. The molecule has 6 nitrogen and oxygen atoms in total. The van der Waals surface area contributed by atoms with E-state index in [4.69, 9.17) is 11.0 Å². The Morgan fingerprint density at radius 1 is 1.56 bits per heavy atom. The van der Waals surface area contributed by atoms with E-state index in [1.165, 1.54) is 12.8 Å². The third-order valence-electron chi connectivity index (χ3n) is 3.13. The normalized spacial score (nSPS) is 18.1. The molecule has 1 aliphatic rings. The Balaban J connectivity index is 2.48. The fourth-order valence-corrected chi connectivity index (χ4v) is 2.30. The van der Waals surface area contributed by atoms with Crippen LogP contribution in [-0.2, 0) is 9.59 Å². The van der Waals surface area contributed by atoms with E-state index in [2.05, 4.69) is 5.43 Å². The van der Waals surface area contributed by atoms with Crippen LogP contribution in [0.4, 0.5) is 0 Å². The second kappa shape index (κ2) is 6.44. The molecule has 0 heterocycles. The zero-order chi connectivity index (χ0) is 12.0. The number of nitrogens with two attached hydrogens (primary N) is 1. The summed E-state index contributed by atoms with van der Waals surface area (Å²) in [6, 6.07) is 0. The van der Waals surface area contributed by atoms with Gasteiger partial charge < -0.3 is 0 Å². The molecule has 1 fully saturated rings. The van der Waals surface area contributed by atoms with Gasteiger partial charge in [-0.1, -0.05) is 25.7 Å². The highest BCUT2D eigenvalue weighted by Crippen LogP contribution is 2.30. The quantitative estimate of drug-likeness (QED) is 0.197. The van der Waals surface area contributed by atoms with E-state index in [9.17, 15) is 9.59 Å². The van der Waals surface area contributed by atoms with E-state index in [1.54, 1.807) is 0 Å². The van der Waals surface area contributed by atoms with Crippen molar-refractivity contribution in [3.63, 3.8) is 0 Å². The van der Waals surface area contributed by atoms with Crippen molar-refractivity contribution >= 4 is 12.3 Å². The van der Waals surface area contributed by atoms with E-state index in [0.29, 0.717) is 23.8 Å². The van der Waals surface area contributed by atoms with E-state index in [1.807, 2.05) is 0 Å². The number of carbonyl (C=O) groups is 2. The zero-order valence-electron chi connectivity index (χ0n) is 9.26. The first kappa shape index (κ1) is 12.9. The van der Waals surface area contributed by atoms with Crippen molar-refractivity contribution in [1.29, 1.82) is 0 Å². The summed E-state index contributed by atoms with van der Waals surface area (Å²) in [5.41, 5.74) is 2.08. The second-order valence-electron chi connectivity index (χ2n) is 4.32. The topological polar surface area (TPSA) is 95.7 Å². The molecule has 0 saturated heterocycles. The highest BCUT2D eigenvalue weighted by atomic mass is 16.5. The Morgan fingerprint density at radius 2 is 2.19 bits per heavy atom. The molecule has 0 aromatic rings. The van der Waals surface area contributed by atoms with Crippen molar-refractivity contribution in [2.75, 3.05) is 6.54 Å². The monoisotopic (exact) mass is 229 g/mol. The SMILES string of the molecule is NNC(=O)[C@H](CC1CCCC1)CN(O)C=O. The number of nitrogens with one attached hydrogen (secondary N) is 1. The first-order valence-corrected chi connectivity index (χ1v) is 5.58. The van der Waals surface area contributed by atoms with Gasteiger partial charge in [-0.15, -0.1) is 0 Å². The summed E-state index contributed by atoms with van der Waals surface area (Å²) in [7, 11) is 0. The van der Waals surface area contributed by atoms with Gasteiger partial charge >= 0.3 is 0 Å². The fraction of sp³-hybridized carbons (Fsp3) is 0.800. The fourth-order valence-electron chi connectivity index (χ4n) is 2.30. The highest BCUT2D eigenvalue weighted by Gasteiger charge is 2.26. The summed E-state index contributed by atoms with van der Waals surface area (Å²) in [6.45, 7) is 0.00301. The minimum absolute atomic E-state index is 0.00301.